The topological polar surface area (TPSA) is 12.5 Å². The van der Waals surface area contributed by atoms with E-state index in [9.17, 15) is 4.39 Å². The van der Waals surface area contributed by atoms with Crippen LogP contribution in [0.3, 0.4) is 0 Å². The van der Waals surface area contributed by atoms with E-state index in [1.165, 1.54) is 17.5 Å². The maximum absolute atomic E-state index is 14.1. The van der Waals surface area contributed by atoms with Gasteiger partial charge in [-0.3, -0.25) is 4.90 Å². The summed E-state index contributed by atoms with van der Waals surface area (Å²) in [6.45, 7) is 8.32. The molecule has 2 saturated heterocycles. The summed E-state index contributed by atoms with van der Waals surface area (Å²) in [4.78, 5) is 2.59. The molecule has 0 bridgehead atoms. The summed E-state index contributed by atoms with van der Waals surface area (Å²) < 4.78 is 19.7. The zero-order valence-corrected chi connectivity index (χ0v) is 13.0. The molecule has 0 N–H and O–H groups in total. The van der Waals surface area contributed by atoms with E-state index in [1.54, 1.807) is 6.07 Å². The van der Waals surface area contributed by atoms with E-state index in [0.717, 1.165) is 44.7 Å². The summed E-state index contributed by atoms with van der Waals surface area (Å²) in [5, 5.41) is 0. The maximum Gasteiger partial charge on any atom is 0.126 e. The molecule has 3 heteroatoms. The number of hydrogen-bond acceptors (Lipinski definition) is 2. The third-order valence-electron chi connectivity index (χ3n) is 5.63. The number of likely N-dealkylation sites (tertiary alicyclic amines) is 1. The normalized spacial score (nSPS) is 27.3. The molecular formula is C18H24FNO. The van der Waals surface area contributed by atoms with E-state index in [-0.39, 0.29) is 11.7 Å². The summed E-state index contributed by atoms with van der Waals surface area (Å²) in [7, 11) is 0. The van der Waals surface area contributed by atoms with Gasteiger partial charge in [-0.2, -0.15) is 0 Å². The van der Waals surface area contributed by atoms with Crippen LogP contribution in [0.15, 0.2) is 12.1 Å². The van der Waals surface area contributed by atoms with Gasteiger partial charge in [0.1, 0.15) is 5.82 Å². The van der Waals surface area contributed by atoms with Gasteiger partial charge >= 0.3 is 0 Å². The summed E-state index contributed by atoms with van der Waals surface area (Å²) in [6, 6.07) is 4.44. The molecule has 2 heterocycles. The lowest BCUT2D eigenvalue weighted by Crippen LogP contribution is -2.57. The molecule has 1 aromatic rings. The summed E-state index contributed by atoms with van der Waals surface area (Å²) in [5.41, 5.74) is 3.92. The van der Waals surface area contributed by atoms with Crippen molar-refractivity contribution in [3.63, 3.8) is 0 Å². The van der Waals surface area contributed by atoms with E-state index >= 15 is 0 Å². The minimum Gasteiger partial charge on any atom is -0.381 e. The Morgan fingerprint density at radius 3 is 2.81 bits per heavy atom. The Balaban J connectivity index is 1.57. The second-order valence-electron chi connectivity index (χ2n) is 7.49. The first-order chi connectivity index (χ1) is 10.1. The first-order valence-corrected chi connectivity index (χ1v) is 8.22. The van der Waals surface area contributed by atoms with Crippen LogP contribution in [0.25, 0.3) is 0 Å². The molecule has 1 aliphatic carbocycles. The van der Waals surface area contributed by atoms with Crippen molar-refractivity contribution in [1.82, 2.24) is 4.90 Å². The number of halogens is 1. The Morgan fingerprint density at radius 2 is 2.14 bits per heavy atom. The molecule has 4 rings (SSSR count). The van der Waals surface area contributed by atoms with Crippen LogP contribution in [0, 0.1) is 11.2 Å². The number of fused-ring (bicyclic) bond motifs is 1. The number of ether oxygens (including phenoxy) is 1. The van der Waals surface area contributed by atoms with Crippen molar-refractivity contribution in [2.24, 2.45) is 5.41 Å². The molecule has 1 spiro atoms. The Kier molecular flexibility index (Phi) is 3.13. The molecule has 0 saturated carbocycles. The Morgan fingerprint density at radius 1 is 1.33 bits per heavy atom. The molecule has 21 heavy (non-hydrogen) atoms. The fourth-order valence-electron chi connectivity index (χ4n) is 4.38. The van der Waals surface area contributed by atoms with E-state index in [1.807, 2.05) is 0 Å². The molecule has 1 atom stereocenters. The van der Waals surface area contributed by atoms with Gasteiger partial charge in [0, 0.05) is 31.2 Å². The average molecular weight is 289 g/mol. The number of benzene rings is 1. The van der Waals surface area contributed by atoms with Gasteiger partial charge in [-0.15, -0.1) is 0 Å². The van der Waals surface area contributed by atoms with E-state index in [0.29, 0.717) is 11.5 Å². The zero-order chi connectivity index (χ0) is 14.6. The second kappa shape index (κ2) is 4.79. The highest BCUT2D eigenvalue weighted by atomic mass is 19.1. The minimum atomic E-state index is -0.0197. The monoisotopic (exact) mass is 289 g/mol. The van der Waals surface area contributed by atoms with Crippen LogP contribution in [0.4, 0.5) is 4.39 Å². The molecule has 0 radical (unpaired) electrons. The standard InChI is InChI=1S/C18H24FNO/c1-12(2)14-8-15-13(7-16(14)19)3-4-17(15)20-9-18(10-20)5-6-21-11-18/h7-8,12,17H,3-6,9-11H2,1-2H3. The fourth-order valence-corrected chi connectivity index (χ4v) is 4.38. The van der Waals surface area contributed by atoms with Crippen LogP contribution in [0.1, 0.15) is 55.3 Å². The van der Waals surface area contributed by atoms with Crippen LogP contribution in [-0.4, -0.2) is 31.2 Å². The average Bonchev–Trinajstić information content (AvgIpc) is 3.01. The van der Waals surface area contributed by atoms with Crippen LogP contribution >= 0.6 is 0 Å². The van der Waals surface area contributed by atoms with Gasteiger partial charge < -0.3 is 4.74 Å². The largest absolute Gasteiger partial charge is 0.381 e. The summed E-state index contributed by atoms with van der Waals surface area (Å²) in [5.74, 6) is 0.233. The van der Waals surface area contributed by atoms with Crippen LogP contribution in [-0.2, 0) is 11.2 Å². The minimum absolute atomic E-state index is 0.0197. The fraction of sp³-hybridized carbons (Fsp3) is 0.667. The molecule has 2 aliphatic heterocycles. The third kappa shape index (κ3) is 2.13. The van der Waals surface area contributed by atoms with Crippen LogP contribution < -0.4 is 0 Å². The van der Waals surface area contributed by atoms with Gasteiger partial charge in [-0.05, 0) is 47.9 Å². The van der Waals surface area contributed by atoms with Gasteiger partial charge in [0.2, 0.25) is 0 Å². The van der Waals surface area contributed by atoms with Gasteiger partial charge in [-0.1, -0.05) is 19.9 Å². The van der Waals surface area contributed by atoms with Crippen molar-refractivity contribution in [3.8, 4) is 0 Å². The van der Waals surface area contributed by atoms with Crippen molar-refractivity contribution in [2.45, 2.75) is 45.1 Å². The predicted molar refractivity (Wildman–Crippen MR) is 81.0 cm³/mol. The number of hydrogen-bond donors (Lipinski definition) is 0. The highest BCUT2D eigenvalue weighted by molar-refractivity contribution is 5.40. The highest BCUT2D eigenvalue weighted by Crippen LogP contribution is 2.47. The second-order valence-corrected chi connectivity index (χ2v) is 7.49. The summed E-state index contributed by atoms with van der Waals surface area (Å²) >= 11 is 0. The molecular weight excluding hydrogens is 265 g/mol. The summed E-state index contributed by atoms with van der Waals surface area (Å²) in [6.07, 6.45) is 3.38. The van der Waals surface area contributed by atoms with Gasteiger partial charge in [0.05, 0.1) is 6.61 Å². The molecule has 114 valence electrons. The third-order valence-corrected chi connectivity index (χ3v) is 5.63. The van der Waals surface area contributed by atoms with Crippen LogP contribution in [0.5, 0.6) is 0 Å². The molecule has 2 nitrogen and oxygen atoms in total. The van der Waals surface area contributed by atoms with Crippen molar-refractivity contribution < 1.29 is 9.13 Å². The maximum atomic E-state index is 14.1. The predicted octanol–water partition coefficient (Wildman–Crippen LogP) is 3.66. The Hall–Kier alpha value is -0.930. The lowest BCUT2D eigenvalue weighted by atomic mass is 9.77. The first-order valence-electron chi connectivity index (χ1n) is 8.22. The molecule has 0 aromatic heterocycles. The lowest BCUT2D eigenvalue weighted by Gasteiger charge is -2.50. The molecule has 0 amide bonds. The molecule has 3 aliphatic rings. The van der Waals surface area contributed by atoms with E-state index in [2.05, 4.69) is 24.8 Å². The van der Waals surface area contributed by atoms with E-state index < -0.39 is 0 Å². The SMILES string of the molecule is CC(C)c1cc2c(cc1F)CCC2N1CC2(CCOC2)C1. The van der Waals surface area contributed by atoms with Crippen molar-refractivity contribution in [2.75, 3.05) is 26.3 Å². The number of aryl methyl sites for hydroxylation is 1. The Bertz CT molecular complexity index is 555. The number of rotatable bonds is 2. The first kappa shape index (κ1) is 13.7. The van der Waals surface area contributed by atoms with Crippen molar-refractivity contribution in [3.05, 3.63) is 34.6 Å². The zero-order valence-electron chi connectivity index (χ0n) is 13.0. The van der Waals surface area contributed by atoms with Crippen molar-refractivity contribution >= 4 is 0 Å². The van der Waals surface area contributed by atoms with E-state index in [4.69, 9.17) is 4.74 Å². The highest BCUT2D eigenvalue weighted by Gasteiger charge is 2.49. The number of nitrogens with zero attached hydrogens (tertiary/aromatic N) is 1. The van der Waals surface area contributed by atoms with Gasteiger partial charge in [-0.25, -0.2) is 4.39 Å². The molecule has 1 aromatic carbocycles. The Labute approximate surface area is 126 Å². The molecule has 1 unspecified atom stereocenters. The smallest absolute Gasteiger partial charge is 0.126 e. The van der Waals surface area contributed by atoms with Gasteiger partial charge in [0.25, 0.3) is 0 Å². The van der Waals surface area contributed by atoms with Crippen molar-refractivity contribution in [1.29, 1.82) is 0 Å². The quantitative estimate of drug-likeness (QED) is 0.824. The van der Waals surface area contributed by atoms with Crippen LogP contribution in [0.2, 0.25) is 0 Å². The lowest BCUT2D eigenvalue weighted by molar-refractivity contribution is -0.0362. The van der Waals surface area contributed by atoms with Gasteiger partial charge in [0.15, 0.2) is 0 Å². The molecule has 2 fully saturated rings.